The molecule has 5 heteroatoms. The second-order valence-electron chi connectivity index (χ2n) is 7.54. The summed E-state index contributed by atoms with van der Waals surface area (Å²) in [4.78, 5) is 4.96. The first-order valence-electron chi connectivity index (χ1n) is 9.96. The minimum atomic E-state index is 0.217. The number of nitrogens with zero attached hydrogens (tertiary/aromatic N) is 2. The highest BCUT2D eigenvalue weighted by atomic mass is 16.5. The first kappa shape index (κ1) is 20.6. The fraction of sp³-hybridized carbons (Fsp3) is 0.478. The highest BCUT2D eigenvalue weighted by molar-refractivity contribution is 5.40. The standard InChI is InChI=1S/C23H32N2O3/c1-18-4-6-19(7-5-18)15-25-12-11-24(17-21(25)10-13-26)16-20-8-9-22(27-2)14-23(20)28-3/h4-9,14,21,26H,10-13,15-17H2,1-3H3/t21-/m1/s1. The molecule has 0 bridgehead atoms. The summed E-state index contributed by atoms with van der Waals surface area (Å²) in [5.74, 6) is 1.67. The SMILES string of the molecule is COc1ccc(CN2CCN(Cc3ccc(C)cc3)[C@H](CCO)C2)c(OC)c1. The number of aliphatic hydroxyl groups is 1. The van der Waals surface area contributed by atoms with Gasteiger partial charge in [0.05, 0.1) is 14.2 Å². The van der Waals surface area contributed by atoms with Gasteiger partial charge in [-0.25, -0.2) is 0 Å². The molecule has 0 spiro atoms. The summed E-state index contributed by atoms with van der Waals surface area (Å²) in [7, 11) is 3.37. The Morgan fingerprint density at radius 3 is 2.46 bits per heavy atom. The van der Waals surface area contributed by atoms with Crippen molar-refractivity contribution in [3.05, 3.63) is 59.2 Å². The van der Waals surface area contributed by atoms with Crippen LogP contribution in [0.3, 0.4) is 0 Å². The van der Waals surface area contributed by atoms with E-state index in [0.717, 1.165) is 56.2 Å². The second kappa shape index (κ2) is 9.92. The lowest BCUT2D eigenvalue weighted by Crippen LogP contribution is -2.52. The van der Waals surface area contributed by atoms with Crippen LogP contribution < -0.4 is 9.47 Å². The molecule has 1 fully saturated rings. The Balaban J connectivity index is 1.65. The zero-order valence-corrected chi connectivity index (χ0v) is 17.2. The summed E-state index contributed by atoms with van der Waals surface area (Å²) in [6.45, 7) is 7.05. The molecule has 1 aliphatic rings. The second-order valence-corrected chi connectivity index (χ2v) is 7.54. The number of methoxy groups -OCH3 is 2. The molecule has 152 valence electrons. The molecular weight excluding hydrogens is 352 g/mol. The normalized spacial score (nSPS) is 18.2. The summed E-state index contributed by atoms with van der Waals surface area (Å²) in [6.07, 6.45) is 0.794. The van der Waals surface area contributed by atoms with Crippen LogP contribution in [-0.2, 0) is 13.1 Å². The molecule has 2 aromatic rings. The Hall–Kier alpha value is -2.08. The molecule has 1 heterocycles. The van der Waals surface area contributed by atoms with E-state index in [2.05, 4.69) is 47.1 Å². The molecule has 2 aromatic carbocycles. The van der Waals surface area contributed by atoms with Crippen molar-refractivity contribution in [1.82, 2.24) is 9.80 Å². The van der Waals surface area contributed by atoms with Crippen LogP contribution >= 0.6 is 0 Å². The van der Waals surface area contributed by atoms with E-state index in [1.54, 1.807) is 14.2 Å². The largest absolute Gasteiger partial charge is 0.497 e. The summed E-state index contributed by atoms with van der Waals surface area (Å²) in [5.41, 5.74) is 3.78. The maximum Gasteiger partial charge on any atom is 0.127 e. The summed E-state index contributed by atoms with van der Waals surface area (Å²) in [6, 6.07) is 15.1. The highest BCUT2D eigenvalue weighted by Crippen LogP contribution is 2.27. The Morgan fingerprint density at radius 1 is 1.00 bits per heavy atom. The topological polar surface area (TPSA) is 45.2 Å². The molecule has 0 aromatic heterocycles. The molecule has 0 aliphatic carbocycles. The van der Waals surface area contributed by atoms with Crippen molar-refractivity contribution in [3.63, 3.8) is 0 Å². The van der Waals surface area contributed by atoms with Crippen LogP contribution in [0.5, 0.6) is 11.5 Å². The smallest absolute Gasteiger partial charge is 0.127 e. The van der Waals surface area contributed by atoms with Crippen molar-refractivity contribution in [1.29, 1.82) is 0 Å². The fourth-order valence-electron chi connectivity index (χ4n) is 3.88. The predicted molar refractivity (Wildman–Crippen MR) is 112 cm³/mol. The molecule has 0 saturated carbocycles. The van der Waals surface area contributed by atoms with Crippen LogP contribution in [0.25, 0.3) is 0 Å². The quantitative estimate of drug-likeness (QED) is 0.758. The first-order valence-corrected chi connectivity index (χ1v) is 9.96. The number of hydrogen-bond donors (Lipinski definition) is 1. The Bertz CT molecular complexity index is 748. The third kappa shape index (κ3) is 5.25. The van der Waals surface area contributed by atoms with E-state index in [1.807, 2.05) is 12.1 Å². The van der Waals surface area contributed by atoms with Gasteiger partial charge >= 0.3 is 0 Å². The van der Waals surface area contributed by atoms with Gasteiger partial charge in [0.2, 0.25) is 0 Å². The lowest BCUT2D eigenvalue weighted by atomic mass is 10.1. The van der Waals surface area contributed by atoms with E-state index in [1.165, 1.54) is 11.1 Å². The third-order valence-corrected chi connectivity index (χ3v) is 5.55. The van der Waals surface area contributed by atoms with Gasteiger partial charge in [0, 0.05) is 57.0 Å². The summed E-state index contributed by atoms with van der Waals surface area (Å²) >= 11 is 0. The van der Waals surface area contributed by atoms with Gasteiger partial charge in [0.25, 0.3) is 0 Å². The Morgan fingerprint density at radius 2 is 1.79 bits per heavy atom. The number of aryl methyl sites for hydroxylation is 1. The van der Waals surface area contributed by atoms with Crippen molar-refractivity contribution < 1.29 is 14.6 Å². The molecule has 1 saturated heterocycles. The lowest BCUT2D eigenvalue weighted by molar-refractivity contribution is 0.0496. The van der Waals surface area contributed by atoms with Gasteiger partial charge in [-0.3, -0.25) is 9.80 Å². The maximum absolute atomic E-state index is 9.58. The molecule has 1 aliphatic heterocycles. The van der Waals surface area contributed by atoms with Gasteiger partial charge in [0.15, 0.2) is 0 Å². The number of piperazine rings is 1. The van der Waals surface area contributed by atoms with E-state index >= 15 is 0 Å². The van der Waals surface area contributed by atoms with Crippen LogP contribution in [0.1, 0.15) is 23.1 Å². The first-order chi connectivity index (χ1) is 13.6. The number of benzene rings is 2. The molecule has 28 heavy (non-hydrogen) atoms. The lowest BCUT2D eigenvalue weighted by Gasteiger charge is -2.41. The minimum Gasteiger partial charge on any atom is -0.497 e. The molecular formula is C23H32N2O3. The Labute approximate surface area is 168 Å². The van der Waals surface area contributed by atoms with Crippen LogP contribution in [0, 0.1) is 6.92 Å². The van der Waals surface area contributed by atoms with Gasteiger partial charge < -0.3 is 14.6 Å². The van der Waals surface area contributed by atoms with Crippen molar-refractivity contribution in [3.8, 4) is 11.5 Å². The molecule has 1 N–H and O–H groups in total. The van der Waals surface area contributed by atoms with Crippen molar-refractivity contribution in [2.45, 2.75) is 32.5 Å². The molecule has 3 rings (SSSR count). The molecule has 1 atom stereocenters. The number of ether oxygens (including phenoxy) is 2. The number of rotatable bonds is 8. The average Bonchev–Trinajstić information content (AvgIpc) is 2.72. The van der Waals surface area contributed by atoms with Gasteiger partial charge in [0.1, 0.15) is 11.5 Å². The van der Waals surface area contributed by atoms with Crippen molar-refractivity contribution >= 4 is 0 Å². The zero-order valence-electron chi connectivity index (χ0n) is 17.2. The zero-order chi connectivity index (χ0) is 19.9. The third-order valence-electron chi connectivity index (χ3n) is 5.55. The van der Waals surface area contributed by atoms with Crippen molar-refractivity contribution in [2.75, 3.05) is 40.5 Å². The summed E-state index contributed by atoms with van der Waals surface area (Å²) in [5, 5.41) is 9.58. The highest BCUT2D eigenvalue weighted by Gasteiger charge is 2.27. The van der Waals surface area contributed by atoms with E-state index in [4.69, 9.17) is 9.47 Å². The predicted octanol–water partition coefficient (Wildman–Crippen LogP) is 3.08. The Kier molecular flexibility index (Phi) is 7.31. The van der Waals surface area contributed by atoms with Crippen LogP contribution in [0.15, 0.2) is 42.5 Å². The van der Waals surface area contributed by atoms with Gasteiger partial charge in [-0.05, 0) is 25.0 Å². The monoisotopic (exact) mass is 384 g/mol. The molecule has 0 radical (unpaired) electrons. The van der Waals surface area contributed by atoms with Gasteiger partial charge in [-0.15, -0.1) is 0 Å². The fourth-order valence-corrected chi connectivity index (χ4v) is 3.88. The minimum absolute atomic E-state index is 0.217. The van der Waals surface area contributed by atoms with Crippen molar-refractivity contribution in [2.24, 2.45) is 0 Å². The van der Waals surface area contributed by atoms with E-state index in [0.29, 0.717) is 6.04 Å². The van der Waals surface area contributed by atoms with E-state index < -0.39 is 0 Å². The number of hydrogen-bond acceptors (Lipinski definition) is 5. The van der Waals surface area contributed by atoms with Gasteiger partial charge in [-0.2, -0.15) is 0 Å². The number of aliphatic hydroxyl groups excluding tert-OH is 1. The molecule has 0 unspecified atom stereocenters. The molecule has 0 amide bonds. The maximum atomic E-state index is 9.58. The van der Waals surface area contributed by atoms with E-state index in [-0.39, 0.29) is 6.61 Å². The molecule has 5 nitrogen and oxygen atoms in total. The van der Waals surface area contributed by atoms with E-state index in [9.17, 15) is 5.11 Å². The van der Waals surface area contributed by atoms with Gasteiger partial charge in [-0.1, -0.05) is 35.9 Å². The van der Waals surface area contributed by atoms with Crippen LogP contribution in [-0.4, -0.2) is 61.4 Å². The summed E-state index contributed by atoms with van der Waals surface area (Å²) < 4.78 is 10.9. The van der Waals surface area contributed by atoms with Crippen LogP contribution in [0.4, 0.5) is 0 Å². The average molecular weight is 385 g/mol. The van der Waals surface area contributed by atoms with Crippen LogP contribution in [0.2, 0.25) is 0 Å².